The number of fused-ring (bicyclic) bond motifs is 1. The van der Waals surface area contributed by atoms with E-state index in [4.69, 9.17) is 4.74 Å². The summed E-state index contributed by atoms with van der Waals surface area (Å²) in [6.45, 7) is 3.68. The average Bonchev–Trinajstić information content (AvgIpc) is 3.29. The summed E-state index contributed by atoms with van der Waals surface area (Å²) in [5, 5.41) is 16.8. The Morgan fingerprint density at radius 3 is 2.78 bits per heavy atom. The molecule has 3 aromatic rings. The Morgan fingerprint density at radius 2 is 2.00 bits per heavy atom. The number of para-hydroxylation sites is 1. The lowest BCUT2D eigenvalue weighted by atomic mass is 9.90. The van der Waals surface area contributed by atoms with Crippen LogP contribution in [0.25, 0.3) is 11.4 Å². The Morgan fingerprint density at radius 1 is 1.19 bits per heavy atom. The Labute approximate surface area is 186 Å². The molecular weight excluding hydrogens is 406 g/mol. The Bertz CT molecular complexity index is 1090. The van der Waals surface area contributed by atoms with Crippen LogP contribution in [0.2, 0.25) is 0 Å². The maximum absolute atomic E-state index is 12.1. The van der Waals surface area contributed by atoms with Gasteiger partial charge < -0.3 is 20.7 Å². The minimum Gasteiger partial charge on any atom is -0.497 e. The van der Waals surface area contributed by atoms with Gasteiger partial charge in [0.05, 0.1) is 7.11 Å². The van der Waals surface area contributed by atoms with E-state index in [-0.39, 0.29) is 11.8 Å². The van der Waals surface area contributed by atoms with Crippen molar-refractivity contribution in [2.75, 3.05) is 25.5 Å². The lowest BCUT2D eigenvalue weighted by molar-refractivity contribution is -0.116. The fourth-order valence-electron chi connectivity index (χ4n) is 3.63. The number of benzene rings is 2. The number of ether oxygens (including phenoxy) is 1. The van der Waals surface area contributed by atoms with Crippen LogP contribution in [0, 0.1) is 0 Å². The molecule has 1 aliphatic heterocycles. The number of hydrogen-bond donors (Lipinski definition) is 4. The minimum atomic E-state index is 0.0326. The van der Waals surface area contributed by atoms with Crippen LogP contribution in [0.1, 0.15) is 30.7 Å². The smallest absolute Gasteiger partial charge is 0.225 e. The normalized spacial score (nSPS) is 15.6. The molecule has 1 aliphatic rings. The van der Waals surface area contributed by atoms with Gasteiger partial charge in [-0.3, -0.25) is 9.89 Å². The van der Waals surface area contributed by atoms with E-state index in [1.165, 1.54) is 0 Å². The van der Waals surface area contributed by atoms with Gasteiger partial charge in [-0.05, 0) is 42.8 Å². The number of methoxy groups -OCH3 is 1. The number of carbonyl (C=O) groups is 1. The fraction of sp³-hybridized carbons (Fsp3) is 0.304. The van der Waals surface area contributed by atoms with Crippen LogP contribution in [-0.4, -0.2) is 47.2 Å². The minimum absolute atomic E-state index is 0.0326. The zero-order valence-electron chi connectivity index (χ0n) is 18.2. The van der Waals surface area contributed by atoms with Crippen LogP contribution in [-0.2, 0) is 11.3 Å². The lowest BCUT2D eigenvalue weighted by Gasteiger charge is -2.26. The number of amides is 1. The van der Waals surface area contributed by atoms with E-state index >= 15 is 0 Å². The number of anilines is 1. The van der Waals surface area contributed by atoms with Gasteiger partial charge in [-0.25, -0.2) is 9.98 Å². The molecule has 32 heavy (non-hydrogen) atoms. The van der Waals surface area contributed by atoms with Crippen molar-refractivity contribution in [1.29, 1.82) is 0 Å². The lowest BCUT2D eigenvalue weighted by Crippen LogP contribution is -2.40. The van der Waals surface area contributed by atoms with Gasteiger partial charge in [0.1, 0.15) is 18.1 Å². The standard InChI is InChI=1S/C23H27N7O2/c1-3-24-23(25-13-16-12-21(31)27-19-7-5-4-6-18(16)19)26-14-20-28-22(30-29-20)15-8-10-17(32-2)11-9-15/h4-11,16H,3,12-14H2,1-2H3,(H,27,31)(H2,24,25,26)(H,28,29,30). The molecule has 0 saturated carbocycles. The van der Waals surface area contributed by atoms with Crippen LogP contribution >= 0.6 is 0 Å². The van der Waals surface area contributed by atoms with Crippen molar-refractivity contribution in [1.82, 2.24) is 25.8 Å². The molecule has 0 bridgehead atoms. The van der Waals surface area contributed by atoms with Crippen LogP contribution in [0.15, 0.2) is 53.5 Å². The highest BCUT2D eigenvalue weighted by Crippen LogP contribution is 2.31. The van der Waals surface area contributed by atoms with Crippen molar-refractivity contribution in [3.8, 4) is 17.1 Å². The zero-order valence-corrected chi connectivity index (χ0v) is 18.2. The molecule has 0 saturated heterocycles. The predicted octanol–water partition coefficient (Wildman–Crippen LogP) is 2.66. The van der Waals surface area contributed by atoms with Gasteiger partial charge in [0.15, 0.2) is 11.8 Å². The second kappa shape index (κ2) is 9.95. The Kier molecular flexibility index (Phi) is 6.64. The maximum atomic E-state index is 12.1. The van der Waals surface area contributed by atoms with Crippen LogP contribution in [0.4, 0.5) is 5.69 Å². The van der Waals surface area contributed by atoms with E-state index in [9.17, 15) is 4.79 Å². The molecular formula is C23H27N7O2. The van der Waals surface area contributed by atoms with Crippen molar-refractivity contribution in [2.45, 2.75) is 25.8 Å². The molecule has 0 fully saturated rings. The summed E-state index contributed by atoms with van der Waals surface area (Å²) in [6, 6.07) is 15.5. The fourth-order valence-corrected chi connectivity index (χ4v) is 3.63. The van der Waals surface area contributed by atoms with Gasteiger partial charge in [0, 0.05) is 36.7 Å². The molecule has 0 aliphatic carbocycles. The summed E-state index contributed by atoms with van der Waals surface area (Å²) < 4.78 is 5.19. The summed E-state index contributed by atoms with van der Waals surface area (Å²) in [4.78, 5) is 21.2. The number of guanidine groups is 1. The molecule has 0 spiro atoms. The number of aromatic amines is 1. The molecule has 1 aromatic heterocycles. The molecule has 1 unspecified atom stereocenters. The summed E-state index contributed by atoms with van der Waals surface area (Å²) in [6.07, 6.45) is 0.441. The van der Waals surface area contributed by atoms with E-state index in [2.05, 4.69) is 42.2 Å². The van der Waals surface area contributed by atoms with E-state index in [0.717, 1.165) is 29.1 Å². The van der Waals surface area contributed by atoms with Gasteiger partial charge in [-0.1, -0.05) is 18.2 Å². The van der Waals surface area contributed by atoms with Gasteiger partial charge in [-0.2, -0.15) is 5.10 Å². The second-order valence-corrected chi connectivity index (χ2v) is 7.45. The summed E-state index contributed by atoms with van der Waals surface area (Å²) in [5.74, 6) is 2.84. The van der Waals surface area contributed by atoms with E-state index in [1.54, 1.807) is 7.11 Å². The number of H-pyrrole nitrogens is 1. The molecule has 166 valence electrons. The van der Waals surface area contributed by atoms with E-state index in [1.807, 2.05) is 49.4 Å². The molecule has 2 aromatic carbocycles. The summed E-state index contributed by atoms with van der Waals surface area (Å²) in [7, 11) is 1.63. The number of aliphatic imine (C=N–C) groups is 1. The van der Waals surface area contributed by atoms with Crippen molar-refractivity contribution < 1.29 is 9.53 Å². The molecule has 1 atom stereocenters. The van der Waals surface area contributed by atoms with E-state index < -0.39 is 0 Å². The van der Waals surface area contributed by atoms with Crippen LogP contribution in [0.5, 0.6) is 5.75 Å². The Hall–Kier alpha value is -3.88. The molecule has 1 amide bonds. The topological polar surface area (TPSA) is 116 Å². The quantitative estimate of drug-likeness (QED) is 0.336. The number of nitrogens with zero attached hydrogens (tertiary/aromatic N) is 3. The first kappa shape index (κ1) is 21.4. The monoisotopic (exact) mass is 433 g/mol. The van der Waals surface area contributed by atoms with E-state index in [0.29, 0.717) is 37.1 Å². The molecule has 9 nitrogen and oxygen atoms in total. The molecule has 4 rings (SSSR count). The van der Waals surface area contributed by atoms with Crippen molar-refractivity contribution in [2.24, 2.45) is 4.99 Å². The summed E-state index contributed by atoms with van der Waals surface area (Å²) >= 11 is 0. The first-order valence-electron chi connectivity index (χ1n) is 10.6. The van der Waals surface area contributed by atoms with Crippen molar-refractivity contribution in [3.63, 3.8) is 0 Å². The molecule has 9 heteroatoms. The first-order valence-corrected chi connectivity index (χ1v) is 10.6. The third kappa shape index (κ3) is 5.05. The number of aromatic nitrogens is 3. The molecule has 2 heterocycles. The number of hydrogen-bond acceptors (Lipinski definition) is 5. The SMILES string of the molecule is CCNC(=NCc1nc(-c2ccc(OC)cc2)n[nH]1)NCC1CC(=O)Nc2ccccc21. The largest absolute Gasteiger partial charge is 0.497 e. The van der Waals surface area contributed by atoms with Gasteiger partial charge in [-0.15, -0.1) is 0 Å². The number of carbonyl (C=O) groups excluding carboxylic acids is 1. The number of nitrogens with one attached hydrogen (secondary N) is 4. The highest BCUT2D eigenvalue weighted by molar-refractivity contribution is 5.94. The Balaban J connectivity index is 1.40. The zero-order chi connectivity index (χ0) is 22.3. The van der Waals surface area contributed by atoms with Crippen LogP contribution < -0.4 is 20.7 Å². The van der Waals surface area contributed by atoms with Crippen molar-refractivity contribution in [3.05, 3.63) is 59.9 Å². The highest BCUT2D eigenvalue weighted by Gasteiger charge is 2.24. The number of rotatable bonds is 7. The van der Waals surface area contributed by atoms with Gasteiger partial charge in [0.25, 0.3) is 0 Å². The van der Waals surface area contributed by atoms with Gasteiger partial charge >= 0.3 is 0 Å². The van der Waals surface area contributed by atoms with Crippen LogP contribution in [0.3, 0.4) is 0 Å². The van der Waals surface area contributed by atoms with Crippen molar-refractivity contribution >= 4 is 17.6 Å². The molecule has 0 radical (unpaired) electrons. The highest BCUT2D eigenvalue weighted by atomic mass is 16.5. The molecule has 4 N–H and O–H groups in total. The van der Waals surface area contributed by atoms with Gasteiger partial charge in [0.2, 0.25) is 5.91 Å². The maximum Gasteiger partial charge on any atom is 0.225 e. The third-order valence-electron chi connectivity index (χ3n) is 5.23. The summed E-state index contributed by atoms with van der Waals surface area (Å²) in [5.41, 5.74) is 2.91. The third-order valence-corrected chi connectivity index (χ3v) is 5.23. The average molecular weight is 434 g/mol. The first-order chi connectivity index (χ1) is 15.7. The second-order valence-electron chi connectivity index (χ2n) is 7.45. The predicted molar refractivity (Wildman–Crippen MR) is 124 cm³/mol.